The van der Waals surface area contributed by atoms with E-state index in [4.69, 9.17) is 9.47 Å². The first kappa shape index (κ1) is 19.1. The SMILES string of the molecule is CCCCCC(NC(=O)COCCOCCC)C(C)=O. The number of ether oxygens (including phenoxy) is 2. The van der Waals surface area contributed by atoms with Crippen molar-refractivity contribution in [3.05, 3.63) is 0 Å². The third-order valence-corrected chi connectivity index (χ3v) is 2.88. The van der Waals surface area contributed by atoms with E-state index >= 15 is 0 Å². The molecular weight excluding hydrogens is 258 g/mol. The Morgan fingerprint density at radius 2 is 1.70 bits per heavy atom. The van der Waals surface area contributed by atoms with Crippen molar-refractivity contribution >= 4 is 11.7 Å². The zero-order valence-electron chi connectivity index (χ0n) is 13.1. The van der Waals surface area contributed by atoms with Gasteiger partial charge in [0.05, 0.1) is 19.3 Å². The summed E-state index contributed by atoms with van der Waals surface area (Å²) in [5.74, 6) is -0.238. The molecule has 118 valence electrons. The van der Waals surface area contributed by atoms with Gasteiger partial charge >= 0.3 is 0 Å². The van der Waals surface area contributed by atoms with E-state index in [1.54, 1.807) is 0 Å². The second-order valence-corrected chi connectivity index (χ2v) is 4.89. The second kappa shape index (κ2) is 13.1. The molecule has 0 aromatic heterocycles. The van der Waals surface area contributed by atoms with Gasteiger partial charge in [0.15, 0.2) is 5.78 Å². The van der Waals surface area contributed by atoms with Gasteiger partial charge in [-0.15, -0.1) is 0 Å². The first-order valence-electron chi connectivity index (χ1n) is 7.57. The number of carbonyl (C=O) groups is 2. The molecule has 0 aromatic rings. The smallest absolute Gasteiger partial charge is 0.246 e. The van der Waals surface area contributed by atoms with Gasteiger partial charge in [-0.1, -0.05) is 33.1 Å². The quantitative estimate of drug-likeness (QED) is 0.527. The van der Waals surface area contributed by atoms with Crippen LogP contribution in [0.2, 0.25) is 0 Å². The Morgan fingerprint density at radius 3 is 2.30 bits per heavy atom. The average molecular weight is 287 g/mol. The van der Waals surface area contributed by atoms with E-state index in [0.717, 1.165) is 25.7 Å². The van der Waals surface area contributed by atoms with Gasteiger partial charge in [0, 0.05) is 6.61 Å². The van der Waals surface area contributed by atoms with Gasteiger partial charge < -0.3 is 14.8 Å². The van der Waals surface area contributed by atoms with E-state index in [2.05, 4.69) is 12.2 Å². The fourth-order valence-corrected chi connectivity index (χ4v) is 1.74. The Labute approximate surface area is 122 Å². The molecule has 0 saturated carbocycles. The van der Waals surface area contributed by atoms with Crippen molar-refractivity contribution < 1.29 is 19.1 Å². The molecule has 0 bridgehead atoms. The number of Topliss-reactive ketones (excluding diaryl/α,β-unsaturated/α-hetero) is 1. The number of hydrogen-bond acceptors (Lipinski definition) is 4. The summed E-state index contributed by atoms with van der Waals surface area (Å²) in [5.41, 5.74) is 0. The standard InChI is InChI=1S/C15H29NO4/c1-4-6-7-8-14(13(3)17)16-15(18)12-20-11-10-19-9-5-2/h14H,4-12H2,1-3H3,(H,16,18). The molecule has 1 N–H and O–H groups in total. The van der Waals surface area contributed by atoms with E-state index in [9.17, 15) is 9.59 Å². The first-order valence-corrected chi connectivity index (χ1v) is 7.57. The van der Waals surface area contributed by atoms with Crippen molar-refractivity contribution in [2.24, 2.45) is 0 Å². The van der Waals surface area contributed by atoms with Crippen molar-refractivity contribution in [1.29, 1.82) is 0 Å². The van der Waals surface area contributed by atoms with Crippen molar-refractivity contribution in [2.45, 2.75) is 58.9 Å². The van der Waals surface area contributed by atoms with E-state index < -0.39 is 0 Å². The molecule has 0 rings (SSSR count). The van der Waals surface area contributed by atoms with Gasteiger partial charge in [-0.05, 0) is 19.8 Å². The molecule has 0 radical (unpaired) electrons. The van der Waals surface area contributed by atoms with E-state index in [0.29, 0.717) is 26.2 Å². The molecular formula is C15H29NO4. The van der Waals surface area contributed by atoms with Gasteiger partial charge in [-0.3, -0.25) is 9.59 Å². The molecule has 0 aliphatic rings. The van der Waals surface area contributed by atoms with Crippen LogP contribution in [0, 0.1) is 0 Å². The maximum absolute atomic E-state index is 11.7. The summed E-state index contributed by atoms with van der Waals surface area (Å²) in [6.45, 7) is 7.23. The number of ketones is 1. The number of amides is 1. The summed E-state index contributed by atoms with van der Waals surface area (Å²) in [6.07, 6.45) is 4.80. The van der Waals surface area contributed by atoms with Crippen molar-refractivity contribution in [3.8, 4) is 0 Å². The third kappa shape index (κ3) is 10.9. The lowest BCUT2D eigenvalue weighted by Crippen LogP contribution is -2.41. The number of nitrogens with one attached hydrogen (secondary N) is 1. The topological polar surface area (TPSA) is 64.6 Å². The Balaban J connectivity index is 3.75. The van der Waals surface area contributed by atoms with Crippen LogP contribution in [0.3, 0.4) is 0 Å². The largest absolute Gasteiger partial charge is 0.379 e. The highest BCUT2D eigenvalue weighted by atomic mass is 16.5. The summed E-state index contributed by atoms with van der Waals surface area (Å²) < 4.78 is 10.4. The van der Waals surface area contributed by atoms with Gasteiger partial charge in [0.25, 0.3) is 0 Å². The Kier molecular flexibility index (Phi) is 12.4. The maximum Gasteiger partial charge on any atom is 0.246 e. The summed E-state index contributed by atoms with van der Waals surface area (Å²) in [5, 5.41) is 2.72. The molecule has 1 atom stereocenters. The van der Waals surface area contributed by atoms with E-state index in [-0.39, 0.29) is 24.3 Å². The van der Waals surface area contributed by atoms with Crippen LogP contribution in [0.15, 0.2) is 0 Å². The molecule has 0 aliphatic heterocycles. The van der Waals surface area contributed by atoms with Crippen LogP contribution in [-0.4, -0.2) is 44.2 Å². The van der Waals surface area contributed by atoms with Crippen molar-refractivity contribution in [3.63, 3.8) is 0 Å². The van der Waals surface area contributed by atoms with Crippen LogP contribution < -0.4 is 5.32 Å². The molecule has 20 heavy (non-hydrogen) atoms. The minimum atomic E-state index is -0.381. The highest BCUT2D eigenvalue weighted by molar-refractivity contribution is 5.87. The normalized spacial score (nSPS) is 12.2. The predicted octanol–water partition coefficient (Wildman–Crippen LogP) is 2.08. The van der Waals surface area contributed by atoms with Crippen molar-refractivity contribution in [1.82, 2.24) is 5.32 Å². The predicted molar refractivity (Wildman–Crippen MR) is 78.7 cm³/mol. The highest BCUT2D eigenvalue weighted by Crippen LogP contribution is 2.04. The van der Waals surface area contributed by atoms with E-state index in [1.165, 1.54) is 6.92 Å². The van der Waals surface area contributed by atoms with Gasteiger partial charge in [-0.2, -0.15) is 0 Å². The first-order chi connectivity index (χ1) is 9.61. The Hall–Kier alpha value is -0.940. The molecule has 1 amide bonds. The number of unbranched alkanes of at least 4 members (excludes halogenated alkanes) is 2. The summed E-state index contributed by atoms with van der Waals surface area (Å²) in [6, 6.07) is -0.381. The Bertz CT molecular complexity index is 269. The zero-order chi connectivity index (χ0) is 15.2. The second-order valence-electron chi connectivity index (χ2n) is 4.89. The lowest BCUT2D eigenvalue weighted by atomic mass is 10.1. The molecule has 5 heteroatoms. The monoisotopic (exact) mass is 287 g/mol. The summed E-state index contributed by atoms with van der Waals surface area (Å²) in [4.78, 5) is 23.1. The van der Waals surface area contributed by atoms with E-state index in [1.807, 2.05) is 6.92 Å². The number of hydrogen-bond donors (Lipinski definition) is 1. The van der Waals surface area contributed by atoms with Crippen LogP contribution in [0.1, 0.15) is 52.9 Å². The number of rotatable bonds is 13. The molecule has 0 fully saturated rings. The molecule has 0 aliphatic carbocycles. The minimum Gasteiger partial charge on any atom is -0.379 e. The third-order valence-electron chi connectivity index (χ3n) is 2.88. The van der Waals surface area contributed by atoms with Crippen LogP contribution >= 0.6 is 0 Å². The lowest BCUT2D eigenvalue weighted by Gasteiger charge is -2.15. The molecule has 0 spiro atoms. The van der Waals surface area contributed by atoms with Gasteiger partial charge in [0.1, 0.15) is 6.61 Å². The maximum atomic E-state index is 11.7. The summed E-state index contributed by atoms with van der Waals surface area (Å²) >= 11 is 0. The van der Waals surface area contributed by atoms with Crippen LogP contribution in [0.5, 0.6) is 0 Å². The average Bonchev–Trinajstić information content (AvgIpc) is 2.41. The zero-order valence-corrected chi connectivity index (χ0v) is 13.1. The van der Waals surface area contributed by atoms with Crippen LogP contribution in [0.25, 0.3) is 0 Å². The fourth-order valence-electron chi connectivity index (χ4n) is 1.74. The van der Waals surface area contributed by atoms with Crippen LogP contribution in [0.4, 0.5) is 0 Å². The Morgan fingerprint density at radius 1 is 1.00 bits per heavy atom. The summed E-state index contributed by atoms with van der Waals surface area (Å²) in [7, 11) is 0. The highest BCUT2D eigenvalue weighted by Gasteiger charge is 2.16. The van der Waals surface area contributed by atoms with Gasteiger partial charge in [0.2, 0.25) is 5.91 Å². The molecule has 0 aromatic carbocycles. The van der Waals surface area contributed by atoms with Gasteiger partial charge in [-0.25, -0.2) is 0 Å². The lowest BCUT2D eigenvalue weighted by molar-refractivity contribution is -0.130. The fraction of sp³-hybridized carbons (Fsp3) is 0.867. The van der Waals surface area contributed by atoms with Crippen LogP contribution in [-0.2, 0) is 19.1 Å². The molecule has 1 unspecified atom stereocenters. The van der Waals surface area contributed by atoms with Crippen molar-refractivity contribution in [2.75, 3.05) is 26.4 Å². The molecule has 5 nitrogen and oxygen atoms in total. The molecule has 0 saturated heterocycles. The number of carbonyl (C=O) groups excluding carboxylic acids is 2. The minimum absolute atomic E-state index is 0.000678. The molecule has 0 heterocycles.